The molecule has 1 heterocycles. The van der Waals surface area contributed by atoms with Gasteiger partial charge in [-0.15, -0.1) is 0 Å². The number of hydrogen-bond acceptors (Lipinski definition) is 5. The molecular weight excluding hydrogens is 520 g/mol. The van der Waals surface area contributed by atoms with E-state index in [9.17, 15) is 18.6 Å². The molecule has 0 radical (unpaired) electrons. The second-order valence-electron chi connectivity index (χ2n) is 9.97. The zero-order valence-corrected chi connectivity index (χ0v) is 22.2. The minimum absolute atomic E-state index is 0.0167. The van der Waals surface area contributed by atoms with Crippen LogP contribution in [0.25, 0.3) is 43.8 Å². The van der Waals surface area contributed by atoms with Gasteiger partial charge in [-0.3, -0.25) is 0 Å². The number of benzene rings is 6. The van der Waals surface area contributed by atoms with E-state index in [0.717, 1.165) is 44.2 Å². The molecule has 40 heavy (non-hydrogen) atoms. The second-order valence-corrected chi connectivity index (χ2v) is 11.8. The first kappa shape index (κ1) is 24.5. The van der Waals surface area contributed by atoms with Gasteiger partial charge < -0.3 is 14.9 Å². The van der Waals surface area contributed by atoms with Crippen molar-refractivity contribution in [1.82, 2.24) is 0 Å². The molecule has 7 rings (SSSR count). The normalized spacial score (nSPS) is 13.6. The molecule has 0 amide bonds. The molecule has 2 N–H and O–H groups in total. The van der Waals surface area contributed by atoms with E-state index in [4.69, 9.17) is 4.74 Å². The third-order valence-corrected chi connectivity index (χ3v) is 9.48. The fraction of sp³-hybridized carbons (Fsp3) is 0.0588. The summed E-state index contributed by atoms with van der Waals surface area (Å²) >= 11 is 0. The van der Waals surface area contributed by atoms with Gasteiger partial charge in [-0.2, -0.15) is 0 Å². The van der Waals surface area contributed by atoms with Gasteiger partial charge >= 0.3 is 0 Å². The van der Waals surface area contributed by atoms with Gasteiger partial charge in [-0.25, -0.2) is 8.42 Å². The van der Waals surface area contributed by atoms with Crippen molar-refractivity contribution < 1.29 is 23.4 Å². The van der Waals surface area contributed by atoms with Crippen LogP contribution >= 0.6 is 0 Å². The van der Waals surface area contributed by atoms with Crippen molar-refractivity contribution in [1.29, 1.82) is 0 Å². The van der Waals surface area contributed by atoms with Crippen molar-refractivity contribution >= 4 is 31.4 Å². The summed E-state index contributed by atoms with van der Waals surface area (Å²) in [4.78, 5) is 0.353. The molecule has 0 bridgehead atoms. The van der Waals surface area contributed by atoms with Crippen molar-refractivity contribution in [2.75, 3.05) is 0 Å². The Bertz CT molecular complexity index is 1900. The van der Waals surface area contributed by atoms with E-state index in [1.54, 1.807) is 12.1 Å². The van der Waals surface area contributed by atoms with E-state index < -0.39 is 9.84 Å². The zero-order chi connectivity index (χ0) is 27.4. The maximum Gasteiger partial charge on any atom is 0.215 e. The molecule has 196 valence electrons. The van der Waals surface area contributed by atoms with Crippen LogP contribution in [0.2, 0.25) is 0 Å². The summed E-state index contributed by atoms with van der Waals surface area (Å²) in [5.74, 6) is 0.639. The van der Waals surface area contributed by atoms with Gasteiger partial charge in [0.2, 0.25) is 9.84 Å². The van der Waals surface area contributed by atoms with E-state index in [2.05, 4.69) is 0 Å². The number of rotatable bonds is 4. The lowest BCUT2D eigenvalue weighted by molar-refractivity contribution is 0.281. The third-order valence-electron chi connectivity index (χ3n) is 7.57. The Balaban J connectivity index is 1.35. The molecule has 6 heteroatoms. The molecular formula is C34H24O5S. The number of aliphatic hydroxyl groups excluding tert-OH is 2. The van der Waals surface area contributed by atoms with E-state index in [1.807, 2.05) is 97.1 Å². The van der Waals surface area contributed by atoms with Gasteiger partial charge in [0.1, 0.15) is 21.3 Å². The molecule has 0 unspecified atom stereocenters. The highest BCUT2D eigenvalue weighted by atomic mass is 32.2. The van der Waals surface area contributed by atoms with Crippen LogP contribution in [0.15, 0.2) is 119 Å². The Morgan fingerprint density at radius 3 is 1.30 bits per heavy atom. The Hall–Kier alpha value is -4.49. The lowest BCUT2D eigenvalue weighted by atomic mass is 9.99. The van der Waals surface area contributed by atoms with Crippen LogP contribution in [0.1, 0.15) is 11.1 Å². The molecule has 6 aromatic rings. The van der Waals surface area contributed by atoms with Crippen molar-refractivity contribution in [3.63, 3.8) is 0 Å². The van der Waals surface area contributed by atoms with E-state index in [1.165, 1.54) is 0 Å². The Morgan fingerprint density at radius 2 is 0.900 bits per heavy atom. The second kappa shape index (κ2) is 9.31. The molecule has 0 saturated carbocycles. The summed E-state index contributed by atoms with van der Waals surface area (Å²) in [6, 6.07) is 34.0. The summed E-state index contributed by atoms with van der Waals surface area (Å²) in [5, 5.41) is 21.5. The quantitative estimate of drug-likeness (QED) is 0.244. The average Bonchev–Trinajstić information content (AvgIpc) is 3.00. The third kappa shape index (κ3) is 3.88. The van der Waals surface area contributed by atoms with Gasteiger partial charge in [0.05, 0.1) is 13.2 Å². The molecule has 6 aromatic carbocycles. The van der Waals surface area contributed by atoms with Gasteiger partial charge in [0.25, 0.3) is 0 Å². The average molecular weight is 545 g/mol. The van der Waals surface area contributed by atoms with Crippen LogP contribution in [-0.2, 0) is 23.1 Å². The molecule has 5 nitrogen and oxygen atoms in total. The smallest absolute Gasteiger partial charge is 0.215 e. The van der Waals surface area contributed by atoms with Crippen molar-refractivity contribution in [3.05, 3.63) is 120 Å². The molecule has 0 saturated heterocycles. The largest absolute Gasteiger partial charge is 0.455 e. The van der Waals surface area contributed by atoms with Crippen LogP contribution < -0.4 is 4.74 Å². The molecule has 0 fully saturated rings. The molecule has 0 aliphatic carbocycles. The topological polar surface area (TPSA) is 83.8 Å². The van der Waals surface area contributed by atoms with Crippen LogP contribution in [0.5, 0.6) is 11.5 Å². The van der Waals surface area contributed by atoms with Gasteiger partial charge in [0, 0.05) is 10.8 Å². The molecule has 0 atom stereocenters. The van der Waals surface area contributed by atoms with Gasteiger partial charge in [-0.1, -0.05) is 84.9 Å². The fourth-order valence-electron chi connectivity index (χ4n) is 5.46. The standard InChI is InChI=1S/C34H24O5S/c35-19-21-1-5-23(6-2-21)25-9-13-29-27(17-25)11-15-31-33(29)40(37,38)34-30-14-10-26(18-28(30)12-16-32(34)39-31)24-7-3-22(20-36)4-8-24/h1-18,35-36H,19-20H2. The molecule has 0 aromatic heterocycles. The van der Waals surface area contributed by atoms with E-state index in [-0.39, 0.29) is 23.0 Å². The lowest BCUT2D eigenvalue weighted by Crippen LogP contribution is -2.12. The molecule has 1 aliphatic heterocycles. The minimum Gasteiger partial charge on any atom is -0.455 e. The number of fused-ring (bicyclic) bond motifs is 6. The minimum atomic E-state index is -3.91. The summed E-state index contributed by atoms with van der Waals surface area (Å²) in [7, 11) is -3.91. The fourth-order valence-corrected chi connectivity index (χ4v) is 7.37. The summed E-state index contributed by atoms with van der Waals surface area (Å²) < 4.78 is 34.7. The zero-order valence-electron chi connectivity index (χ0n) is 21.3. The van der Waals surface area contributed by atoms with Crippen LogP contribution in [0.4, 0.5) is 0 Å². The van der Waals surface area contributed by atoms with Crippen molar-refractivity contribution in [2.24, 2.45) is 0 Å². The van der Waals surface area contributed by atoms with E-state index in [0.29, 0.717) is 22.3 Å². The monoisotopic (exact) mass is 544 g/mol. The van der Waals surface area contributed by atoms with Crippen molar-refractivity contribution in [3.8, 4) is 33.8 Å². The number of ether oxygens (including phenoxy) is 1. The molecule has 1 aliphatic rings. The highest BCUT2D eigenvalue weighted by Gasteiger charge is 2.35. The van der Waals surface area contributed by atoms with Gasteiger partial charge in [0.15, 0.2) is 0 Å². The first-order valence-corrected chi connectivity index (χ1v) is 14.4. The molecule has 0 spiro atoms. The highest BCUT2D eigenvalue weighted by Crippen LogP contribution is 2.49. The highest BCUT2D eigenvalue weighted by molar-refractivity contribution is 7.92. The maximum atomic E-state index is 14.2. The maximum absolute atomic E-state index is 14.2. The SMILES string of the molecule is O=S1(=O)c2c(ccc3cc(-c4ccc(CO)cc4)ccc23)Oc2ccc3cc(-c4ccc(CO)cc4)ccc3c21. The number of aliphatic hydroxyl groups is 2. The van der Waals surface area contributed by atoms with Gasteiger partial charge in [-0.05, 0) is 68.4 Å². The summed E-state index contributed by atoms with van der Waals surface area (Å²) in [6.07, 6.45) is 0. The van der Waals surface area contributed by atoms with Crippen LogP contribution in [-0.4, -0.2) is 18.6 Å². The Morgan fingerprint density at radius 1 is 0.500 bits per heavy atom. The lowest BCUT2D eigenvalue weighted by Gasteiger charge is -2.23. The number of sulfone groups is 1. The Kier molecular flexibility index (Phi) is 5.71. The first-order valence-electron chi connectivity index (χ1n) is 12.9. The van der Waals surface area contributed by atoms with Crippen LogP contribution in [0, 0.1) is 0 Å². The number of hydrogen-bond donors (Lipinski definition) is 2. The summed E-state index contributed by atoms with van der Waals surface area (Å²) in [6.45, 7) is -0.0334. The predicted octanol–water partition coefficient (Wildman–Crippen LogP) is 7.25. The summed E-state index contributed by atoms with van der Waals surface area (Å²) in [5.41, 5.74) is 5.54. The van der Waals surface area contributed by atoms with Crippen LogP contribution in [0.3, 0.4) is 0 Å². The van der Waals surface area contributed by atoms with E-state index >= 15 is 0 Å². The predicted molar refractivity (Wildman–Crippen MR) is 156 cm³/mol. The Labute approximate surface area is 231 Å². The first-order chi connectivity index (χ1) is 19.5. The van der Waals surface area contributed by atoms with Crippen molar-refractivity contribution in [2.45, 2.75) is 23.0 Å².